The summed E-state index contributed by atoms with van der Waals surface area (Å²) in [6, 6.07) is 5.11. The molecular weight excluding hydrogens is 274 g/mol. The maximum Gasteiger partial charge on any atom is 0.225 e. The van der Waals surface area contributed by atoms with E-state index in [9.17, 15) is 8.78 Å². The van der Waals surface area contributed by atoms with Crippen LogP contribution < -0.4 is 10.6 Å². The van der Waals surface area contributed by atoms with Gasteiger partial charge in [0, 0.05) is 37.0 Å². The first-order chi connectivity index (χ1) is 10.1. The Kier molecular flexibility index (Phi) is 3.79. The number of benzene rings is 1. The second-order valence-corrected chi connectivity index (χ2v) is 5.25. The van der Waals surface area contributed by atoms with Gasteiger partial charge in [-0.3, -0.25) is 0 Å². The zero-order valence-electron chi connectivity index (χ0n) is 11.5. The average molecular weight is 290 g/mol. The molecule has 0 aliphatic carbocycles. The highest BCUT2D eigenvalue weighted by Crippen LogP contribution is 2.22. The minimum atomic E-state index is -0.620. The summed E-state index contributed by atoms with van der Waals surface area (Å²) in [4.78, 5) is 10.7. The van der Waals surface area contributed by atoms with Gasteiger partial charge in [-0.15, -0.1) is 0 Å². The number of nitrogens with zero attached hydrogens (tertiary/aromatic N) is 3. The SMILES string of the molecule is NC1CCCN(c2nccc(-c3cc(F)cc(F)c3)n2)C1. The Morgan fingerprint density at radius 1 is 1.19 bits per heavy atom. The second-order valence-electron chi connectivity index (χ2n) is 5.25. The molecule has 2 aromatic rings. The molecule has 1 aliphatic heterocycles. The molecular formula is C15H16F2N4. The summed E-state index contributed by atoms with van der Waals surface area (Å²) in [7, 11) is 0. The van der Waals surface area contributed by atoms with Crippen LogP contribution in [-0.2, 0) is 0 Å². The third-order valence-corrected chi connectivity index (χ3v) is 3.54. The van der Waals surface area contributed by atoms with E-state index in [0.717, 1.165) is 25.5 Å². The predicted molar refractivity (Wildman–Crippen MR) is 76.8 cm³/mol. The van der Waals surface area contributed by atoms with Gasteiger partial charge in [0.05, 0.1) is 5.69 Å². The van der Waals surface area contributed by atoms with Crippen molar-refractivity contribution < 1.29 is 8.78 Å². The molecule has 21 heavy (non-hydrogen) atoms. The van der Waals surface area contributed by atoms with Crippen molar-refractivity contribution in [2.45, 2.75) is 18.9 Å². The van der Waals surface area contributed by atoms with Crippen LogP contribution in [0.2, 0.25) is 0 Å². The molecule has 0 saturated carbocycles. The number of halogens is 2. The molecule has 1 saturated heterocycles. The fourth-order valence-electron chi connectivity index (χ4n) is 2.55. The molecule has 0 amide bonds. The summed E-state index contributed by atoms with van der Waals surface area (Å²) in [5.74, 6) is -0.692. The van der Waals surface area contributed by atoms with Crippen LogP contribution in [0.15, 0.2) is 30.5 Å². The van der Waals surface area contributed by atoms with Gasteiger partial charge in [0.1, 0.15) is 11.6 Å². The summed E-state index contributed by atoms with van der Waals surface area (Å²) >= 11 is 0. The predicted octanol–water partition coefficient (Wildman–Crippen LogP) is 2.35. The van der Waals surface area contributed by atoms with Crippen LogP contribution in [0.5, 0.6) is 0 Å². The molecule has 4 nitrogen and oxygen atoms in total. The van der Waals surface area contributed by atoms with Gasteiger partial charge in [0.2, 0.25) is 5.95 Å². The summed E-state index contributed by atoms with van der Waals surface area (Å²) in [6.07, 6.45) is 3.58. The van der Waals surface area contributed by atoms with Gasteiger partial charge in [-0.2, -0.15) is 0 Å². The van der Waals surface area contributed by atoms with Gasteiger partial charge in [0.25, 0.3) is 0 Å². The van der Waals surface area contributed by atoms with Crippen LogP contribution in [0, 0.1) is 11.6 Å². The molecule has 1 aromatic carbocycles. The molecule has 3 rings (SSSR count). The van der Waals surface area contributed by atoms with E-state index in [1.165, 1.54) is 12.1 Å². The fraction of sp³-hybridized carbons (Fsp3) is 0.333. The van der Waals surface area contributed by atoms with E-state index >= 15 is 0 Å². The summed E-state index contributed by atoms with van der Waals surface area (Å²) in [6.45, 7) is 1.54. The van der Waals surface area contributed by atoms with E-state index < -0.39 is 11.6 Å². The Hall–Kier alpha value is -2.08. The van der Waals surface area contributed by atoms with Crippen LogP contribution in [0.1, 0.15) is 12.8 Å². The minimum Gasteiger partial charge on any atom is -0.339 e. The molecule has 1 atom stereocenters. The molecule has 110 valence electrons. The lowest BCUT2D eigenvalue weighted by Gasteiger charge is -2.30. The van der Waals surface area contributed by atoms with Crippen LogP contribution in [-0.4, -0.2) is 29.1 Å². The Bertz CT molecular complexity index is 627. The van der Waals surface area contributed by atoms with Crippen LogP contribution >= 0.6 is 0 Å². The van der Waals surface area contributed by atoms with Crippen molar-refractivity contribution in [3.8, 4) is 11.3 Å². The standard InChI is InChI=1S/C15H16F2N4/c16-11-6-10(7-12(17)8-11)14-3-4-19-15(20-14)21-5-1-2-13(18)9-21/h3-4,6-8,13H,1-2,5,9,18H2. The summed E-state index contributed by atoms with van der Waals surface area (Å²) in [5, 5.41) is 0. The number of aromatic nitrogens is 2. The number of anilines is 1. The highest BCUT2D eigenvalue weighted by atomic mass is 19.1. The zero-order chi connectivity index (χ0) is 14.8. The smallest absolute Gasteiger partial charge is 0.225 e. The van der Waals surface area contributed by atoms with Gasteiger partial charge >= 0.3 is 0 Å². The Labute approximate surface area is 121 Å². The van der Waals surface area contributed by atoms with Gasteiger partial charge < -0.3 is 10.6 Å². The monoisotopic (exact) mass is 290 g/mol. The van der Waals surface area contributed by atoms with Crippen molar-refractivity contribution >= 4 is 5.95 Å². The summed E-state index contributed by atoms with van der Waals surface area (Å²) < 4.78 is 26.6. The molecule has 2 N–H and O–H groups in total. The Morgan fingerprint density at radius 3 is 2.67 bits per heavy atom. The van der Waals surface area contributed by atoms with E-state index in [1.54, 1.807) is 12.3 Å². The first-order valence-corrected chi connectivity index (χ1v) is 6.92. The van der Waals surface area contributed by atoms with E-state index in [-0.39, 0.29) is 6.04 Å². The molecule has 1 aromatic heterocycles. The van der Waals surface area contributed by atoms with E-state index in [4.69, 9.17) is 5.73 Å². The minimum absolute atomic E-state index is 0.109. The highest BCUT2D eigenvalue weighted by Gasteiger charge is 2.19. The Morgan fingerprint density at radius 2 is 1.95 bits per heavy atom. The van der Waals surface area contributed by atoms with E-state index in [0.29, 0.717) is 23.8 Å². The van der Waals surface area contributed by atoms with Crippen molar-refractivity contribution in [2.24, 2.45) is 5.73 Å². The van der Waals surface area contributed by atoms with Crippen LogP contribution in [0.25, 0.3) is 11.3 Å². The largest absolute Gasteiger partial charge is 0.339 e. The topological polar surface area (TPSA) is 55.0 Å². The lowest BCUT2D eigenvalue weighted by Crippen LogP contribution is -2.43. The molecule has 1 aliphatic rings. The van der Waals surface area contributed by atoms with Crippen LogP contribution in [0.4, 0.5) is 14.7 Å². The van der Waals surface area contributed by atoms with E-state index in [1.807, 2.05) is 4.90 Å². The third-order valence-electron chi connectivity index (χ3n) is 3.54. The molecule has 1 fully saturated rings. The normalized spacial score (nSPS) is 18.8. The zero-order valence-corrected chi connectivity index (χ0v) is 11.5. The molecule has 0 bridgehead atoms. The lowest BCUT2D eigenvalue weighted by molar-refractivity contribution is 0.500. The molecule has 0 spiro atoms. The van der Waals surface area contributed by atoms with Gasteiger partial charge in [-0.25, -0.2) is 18.7 Å². The average Bonchev–Trinajstić information content (AvgIpc) is 2.46. The van der Waals surface area contributed by atoms with Crippen LogP contribution in [0.3, 0.4) is 0 Å². The van der Waals surface area contributed by atoms with E-state index in [2.05, 4.69) is 9.97 Å². The second kappa shape index (κ2) is 5.73. The van der Waals surface area contributed by atoms with Crippen molar-refractivity contribution in [3.63, 3.8) is 0 Å². The maximum absolute atomic E-state index is 13.3. The van der Waals surface area contributed by atoms with Gasteiger partial charge in [-0.05, 0) is 31.0 Å². The number of piperidine rings is 1. The number of nitrogens with two attached hydrogens (primary N) is 1. The maximum atomic E-state index is 13.3. The summed E-state index contributed by atoms with van der Waals surface area (Å²) in [5.41, 5.74) is 6.85. The number of hydrogen-bond donors (Lipinski definition) is 1. The van der Waals surface area contributed by atoms with Crippen molar-refractivity contribution in [3.05, 3.63) is 42.1 Å². The van der Waals surface area contributed by atoms with Crippen molar-refractivity contribution in [1.29, 1.82) is 0 Å². The quantitative estimate of drug-likeness (QED) is 0.922. The highest BCUT2D eigenvalue weighted by molar-refractivity contribution is 5.60. The van der Waals surface area contributed by atoms with Crippen molar-refractivity contribution in [2.75, 3.05) is 18.0 Å². The molecule has 6 heteroatoms. The number of hydrogen-bond acceptors (Lipinski definition) is 4. The van der Waals surface area contributed by atoms with Crippen molar-refractivity contribution in [1.82, 2.24) is 9.97 Å². The molecule has 1 unspecified atom stereocenters. The fourth-order valence-corrected chi connectivity index (χ4v) is 2.55. The lowest BCUT2D eigenvalue weighted by atomic mass is 10.1. The third kappa shape index (κ3) is 3.16. The first-order valence-electron chi connectivity index (χ1n) is 6.92. The molecule has 2 heterocycles. The first kappa shape index (κ1) is 13.9. The van der Waals surface area contributed by atoms with Gasteiger partial charge in [0.15, 0.2) is 0 Å². The number of rotatable bonds is 2. The van der Waals surface area contributed by atoms with Gasteiger partial charge in [-0.1, -0.05) is 0 Å². The molecule has 0 radical (unpaired) electrons. The Balaban J connectivity index is 1.92.